The van der Waals surface area contributed by atoms with Crippen LogP contribution in [0.3, 0.4) is 0 Å². The lowest BCUT2D eigenvalue weighted by Gasteiger charge is -2.70. The van der Waals surface area contributed by atoms with Crippen molar-refractivity contribution in [1.29, 1.82) is 0 Å². The maximum absolute atomic E-state index is 13.1. The molecule has 0 spiro atoms. The molecule has 5 aliphatic rings. The van der Waals surface area contributed by atoms with Gasteiger partial charge in [0.15, 0.2) is 0 Å². The van der Waals surface area contributed by atoms with E-state index >= 15 is 0 Å². The van der Waals surface area contributed by atoms with Gasteiger partial charge < -0.3 is 40.4 Å². The van der Waals surface area contributed by atoms with E-state index in [1.807, 2.05) is 13.8 Å². The van der Waals surface area contributed by atoms with Crippen LogP contribution in [0.4, 0.5) is 4.79 Å². The number of fused-ring (bicyclic) bond motifs is 5. The molecule has 0 bridgehead atoms. The lowest BCUT2D eigenvalue weighted by atomic mass is 9.35. The summed E-state index contributed by atoms with van der Waals surface area (Å²) in [7, 11) is 0. The normalized spacial score (nSPS) is 40.6. The molecule has 5 fully saturated rings. The number of aliphatic hydroxyl groups excluding tert-OH is 1. The van der Waals surface area contributed by atoms with Crippen LogP contribution in [-0.4, -0.2) is 88.8 Å². The van der Waals surface area contributed by atoms with Gasteiger partial charge in [0.2, 0.25) is 11.8 Å². The molecule has 5 rings (SSSR count). The van der Waals surface area contributed by atoms with Gasteiger partial charge in [0.1, 0.15) is 24.8 Å². The van der Waals surface area contributed by atoms with E-state index in [0.717, 1.165) is 51.4 Å². The van der Waals surface area contributed by atoms with Crippen LogP contribution in [0.5, 0.6) is 0 Å². The average molecular weight is 748 g/mol. The van der Waals surface area contributed by atoms with E-state index in [4.69, 9.17) is 14.2 Å². The molecule has 0 aromatic heterocycles. The highest BCUT2D eigenvalue weighted by molar-refractivity contribution is 5.88. The second-order valence-electron chi connectivity index (χ2n) is 20.3. The molecule has 1 heterocycles. The van der Waals surface area contributed by atoms with E-state index in [9.17, 15) is 29.4 Å². The number of hydrogen-bond donors (Lipinski definition) is 5. The first-order valence-electron chi connectivity index (χ1n) is 20.0. The van der Waals surface area contributed by atoms with Crippen LogP contribution in [0.25, 0.3) is 0 Å². The summed E-state index contributed by atoms with van der Waals surface area (Å²) in [6.45, 7) is 21.8. The smallest absolute Gasteiger partial charge is 0.408 e. The number of rotatable bonds is 9. The van der Waals surface area contributed by atoms with Gasteiger partial charge in [-0.05, 0) is 139 Å². The molecule has 4 saturated carbocycles. The molecule has 0 unspecified atom stereocenters. The van der Waals surface area contributed by atoms with Gasteiger partial charge >= 0.3 is 12.1 Å². The molecule has 3 amide bonds. The third-order valence-electron chi connectivity index (χ3n) is 15.2. The predicted molar refractivity (Wildman–Crippen MR) is 199 cm³/mol. The number of carbonyl (C=O) groups is 4. The quantitative estimate of drug-likeness (QED) is 0.203. The zero-order chi connectivity index (χ0) is 39.6. The summed E-state index contributed by atoms with van der Waals surface area (Å²) >= 11 is 0. The van der Waals surface area contributed by atoms with Crippen LogP contribution >= 0.6 is 0 Å². The summed E-state index contributed by atoms with van der Waals surface area (Å²) in [5.41, 5.74) is -2.34. The van der Waals surface area contributed by atoms with Crippen molar-refractivity contribution in [2.45, 2.75) is 169 Å². The molecule has 302 valence electrons. The fourth-order valence-corrected chi connectivity index (χ4v) is 12.4. The first-order chi connectivity index (χ1) is 24.3. The third kappa shape index (κ3) is 7.84. The number of amides is 3. The Morgan fingerprint density at radius 3 is 1.96 bits per heavy atom. The lowest BCUT2D eigenvalue weighted by Crippen LogP contribution is -2.66. The molecular formula is C41H69N3O9. The van der Waals surface area contributed by atoms with Crippen LogP contribution in [0.1, 0.15) is 134 Å². The minimum absolute atomic E-state index is 0.0343. The van der Waals surface area contributed by atoms with E-state index in [1.54, 1.807) is 20.8 Å². The van der Waals surface area contributed by atoms with Crippen molar-refractivity contribution in [2.75, 3.05) is 19.6 Å². The number of aliphatic hydroxyl groups is 2. The van der Waals surface area contributed by atoms with Crippen molar-refractivity contribution in [3.63, 3.8) is 0 Å². The number of esters is 1. The number of carbonyl (C=O) groups excluding carboxylic acids is 4. The molecule has 11 atom stereocenters. The largest absolute Gasteiger partial charge is 0.460 e. The molecule has 12 heteroatoms. The average Bonchev–Trinajstić information content (AvgIpc) is 3.63. The van der Waals surface area contributed by atoms with E-state index in [1.165, 1.54) is 0 Å². The zero-order valence-corrected chi connectivity index (χ0v) is 34.3. The molecule has 1 saturated heterocycles. The Morgan fingerprint density at radius 2 is 1.36 bits per heavy atom. The maximum Gasteiger partial charge on any atom is 0.408 e. The van der Waals surface area contributed by atoms with Gasteiger partial charge in [-0.2, -0.15) is 0 Å². The molecule has 0 radical (unpaired) electrons. The number of ether oxygens (including phenoxy) is 3. The highest BCUT2D eigenvalue weighted by Crippen LogP contribution is 2.76. The molecule has 0 aromatic rings. The summed E-state index contributed by atoms with van der Waals surface area (Å²) in [6, 6.07) is 0. The molecule has 12 nitrogen and oxygen atoms in total. The summed E-state index contributed by atoms with van der Waals surface area (Å²) in [5.74, 6) is -0.656. The van der Waals surface area contributed by atoms with Gasteiger partial charge in [0.25, 0.3) is 0 Å². The fraction of sp³-hybridized carbons (Fsp3) is 0.902. The first kappa shape index (κ1) is 41.7. The minimum atomic E-state index is -0.896. The summed E-state index contributed by atoms with van der Waals surface area (Å²) < 4.78 is 17.9. The fourth-order valence-electron chi connectivity index (χ4n) is 12.4. The Morgan fingerprint density at radius 1 is 0.755 bits per heavy atom. The van der Waals surface area contributed by atoms with E-state index < -0.39 is 41.2 Å². The first-order valence-corrected chi connectivity index (χ1v) is 20.0. The molecule has 4 aliphatic carbocycles. The van der Waals surface area contributed by atoms with Gasteiger partial charge in [0.05, 0.1) is 30.0 Å². The van der Waals surface area contributed by atoms with Crippen molar-refractivity contribution in [3.05, 3.63) is 0 Å². The minimum Gasteiger partial charge on any atom is -0.460 e. The summed E-state index contributed by atoms with van der Waals surface area (Å²) in [4.78, 5) is 49.3. The Kier molecular flexibility index (Phi) is 11.2. The molecule has 5 N–H and O–H groups in total. The topological polar surface area (TPSA) is 173 Å². The van der Waals surface area contributed by atoms with Gasteiger partial charge in [-0.25, -0.2) is 4.79 Å². The number of alkyl carbamates (subject to hydrolysis) is 1. The number of hydrogen-bond acceptors (Lipinski definition) is 9. The predicted octanol–water partition coefficient (Wildman–Crippen LogP) is 5.02. The molecule has 53 heavy (non-hydrogen) atoms. The lowest BCUT2D eigenvalue weighted by molar-refractivity contribution is -0.251. The van der Waals surface area contributed by atoms with Gasteiger partial charge in [-0.15, -0.1) is 0 Å². The van der Waals surface area contributed by atoms with E-state index in [0.29, 0.717) is 12.3 Å². The van der Waals surface area contributed by atoms with Gasteiger partial charge in [0, 0.05) is 5.41 Å². The van der Waals surface area contributed by atoms with Crippen molar-refractivity contribution >= 4 is 23.9 Å². The SMILES string of the molecule is CC(C)(C)OC(=O)NCC(=O)NCC(=O)NCC(=O)O[C@H]1CC[C@]2(C)[C@H]3C[C@@H](O)[C@@H]4[C@@H]([C@]5(C)CC[C@H](C(C)(C)O)O5)CC[C@@]4(C)[C@]3(C)CC[C@H]2C1(C)C. The van der Waals surface area contributed by atoms with E-state index in [2.05, 4.69) is 57.5 Å². The van der Waals surface area contributed by atoms with E-state index in [-0.39, 0.29) is 76.9 Å². The second kappa shape index (κ2) is 14.3. The van der Waals surface area contributed by atoms with Crippen LogP contribution in [0.15, 0.2) is 0 Å². The van der Waals surface area contributed by atoms with Crippen LogP contribution in [-0.2, 0) is 28.6 Å². The second-order valence-corrected chi connectivity index (χ2v) is 20.3. The summed E-state index contributed by atoms with van der Waals surface area (Å²) in [6.07, 6.45) is 6.54. The van der Waals surface area contributed by atoms with Gasteiger partial charge in [-0.1, -0.05) is 34.6 Å². The highest BCUT2D eigenvalue weighted by atomic mass is 16.6. The van der Waals surface area contributed by atoms with Crippen LogP contribution in [0, 0.1) is 45.3 Å². The Balaban J connectivity index is 1.17. The Bertz CT molecular complexity index is 1420. The molecule has 1 aliphatic heterocycles. The highest BCUT2D eigenvalue weighted by Gasteiger charge is 2.72. The maximum atomic E-state index is 13.1. The Hall–Kier alpha value is -2.44. The zero-order valence-electron chi connectivity index (χ0n) is 34.3. The van der Waals surface area contributed by atoms with Crippen molar-refractivity contribution in [3.8, 4) is 0 Å². The third-order valence-corrected chi connectivity index (χ3v) is 15.2. The summed E-state index contributed by atoms with van der Waals surface area (Å²) in [5, 5.41) is 30.2. The van der Waals surface area contributed by atoms with Crippen LogP contribution < -0.4 is 16.0 Å². The standard InChI is InChI=1S/C41H69N3O9/c1-35(2,3)53-34(49)44-22-31(47)42-21-30(46)43-23-32(48)51-28-14-16-38(8)26(36(28,4)5)13-18-39(9)27(38)20-25(45)33-24(12-17-40(33,39)10)41(11)19-15-29(52-41)37(6,7)50/h24-29,33,45,50H,12-23H2,1-11H3,(H,42,47)(H,43,46)(H,44,49)/t24-,25+,26-,27+,28-,29+,33-,38-,39+,40+,41-/m0/s1. The van der Waals surface area contributed by atoms with Crippen molar-refractivity contribution < 1.29 is 43.6 Å². The Labute approximate surface area is 317 Å². The van der Waals surface area contributed by atoms with Gasteiger partial charge in [-0.3, -0.25) is 14.4 Å². The monoisotopic (exact) mass is 748 g/mol. The molecule has 0 aromatic carbocycles. The van der Waals surface area contributed by atoms with Crippen molar-refractivity contribution in [2.24, 2.45) is 45.3 Å². The molecular weight excluding hydrogens is 678 g/mol. The number of nitrogens with one attached hydrogen (secondary N) is 3. The van der Waals surface area contributed by atoms with Crippen LogP contribution in [0.2, 0.25) is 0 Å². The van der Waals surface area contributed by atoms with Crippen molar-refractivity contribution in [1.82, 2.24) is 16.0 Å².